The Hall–Kier alpha value is -1.40. The van der Waals surface area contributed by atoms with E-state index in [1.807, 2.05) is 6.92 Å². The maximum Gasteiger partial charge on any atom is 0.311 e. The van der Waals surface area contributed by atoms with Gasteiger partial charge in [-0.3, -0.25) is 9.59 Å². The zero-order valence-electron chi connectivity index (χ0n) is 14.2. The van der Waals surface area contributed by atoms with Gasteiger partial charge in [-0.25, -0.2) is 0 Å². The summed E-state index contributed by atoms with van der Waals surface area (Å²) in [5.41, 5.74) is -0.489. The number of rotatable bonds is 11. The summed E-state index contributed by atoms with van der Waals surface area (Å²) >= 11 is 0. The maximum absolute atomic E-state index is 11.5. The van der Waals surface area contributed by atoms with Crippen LogP contribution in [0, 0.1) is 5.41 Å². The van der Waals surface area contributed by atoms with E-state index in [1.54, 1.807) is 25.7 Å². The van der Waals surface area contributed by atoms with Gasteiger partial charge in [0, 0.05) is 13.1 Å². The lowest BCUT2D eigenvalue weighted by atomic mass is 9.97. The molecule has 0 N–H and O–H groups in total. The van der Waals surface area contributed by atoms with Crippen LogP contribution in [0.3, 0.4) is 0 Å². The maximum atomic E-state index is 11.5. The van der Waals surface area contributed by atoms with Crippen LogP contribution in [0.4, 0.5) is 0 Å². The molecule has 0 radical (unpaired) electrons. The van der Waals surface area contributed by atoms with E-state index in [9.17, 15) is 9.59 Å². The fourth-order valence-electron chi connectivity index (χ4n) is 1.46. The number of likely N-dealkylation sites (N-methyl/N-ethyl adjacent to an activating group) is 1. The van der Waals surface area contributed by atoms with E-state index >= 15 is 0 Å². The summed E-state index contributed by atoms with van der Waals surface area (Å²) in [6.45, 7) is 13.9. The fraction of sp³-hybridized carbons (Fsp3) is 0.750. The molecule has 0 saturated heterocycles. The van der Waals surface area contributed by atoms with Gasteiger partial charge in [0.15, 0.2) is 0 Å². The number of esters is 1. The molecule has 6 heteroatoms. The number of carbonyl (C=O) groups excluding carboxylic acids is 2. The minimum atomic E-state index is -0.489. The molecule has 0 atom stereocenters. The molecule has 6 nitrogen and oxygen atoms in total. The van der Waals surface area contributed by atoms with Gasteiger partial charge >= 0.3 is 5.97 Å². The van der Waals surface area contributed by atoms with Crippen LogP contribution in [0.15, 0.2) is 12.7 Å². The fourth-order valence-corrected chi connectivity index (χ4v) is 1.46. The Labute approximate surface area is 133 Å². The molecule has 1 amide bonds. The zero-order valence-corrected chi connectivity index (χ0v) is 14.2. The third-order valence-corrected chi connectivity index (χ3v) is 2.82. The average molecular weight is 315 g/mol. The highest BCUT2D eigenvalue weighted by Gasteiger charge is 2.22. The third-order valence-electron chi connectivity index (χ3n) is 2.82. The van der Waals surface area contributed by atoms with E-state index in [-0.39, 0.29) is 18.5 Å². The number of ether oxygens (including phenoxy) is 3. The molecule has 0 heterocycles. The molecular formula is C16H29NO5. The molecule has 0 aliphatic rings. The van der Waals surface area contributed by atoms with Crippen molar-refractivity contribution < 1.29 is 23.8 Å². The summed E-state index contributed by atoms with van der Waals surface area (Å²) in [5.74, 6) is -0.332. The first kappa shape index (κ1) is 20.6. The first-order chi connectivity index (χ1) is 10.3. The second-order valence-corrected chi connectivity index (χ2v) is 5.73. The Morgan fingerprint density at radius 2 is 1.59 bits per heavy atom. The summed E-state index contributed by atoms with van der Waals surface area (Å²) in [7, 11) is 0. The minimum absolute atomic E-state index is 0.0944. The lowest BCUT2D eigenvalue weighted by Crippen LogP contribution is -2.32. The van der Waals surface area contributed by atoms with Gasteiger partial charge in [0.1, 0.15) is 6.61 Å². The Kier molecular flexibility index (Phi) is 10.5. The van der Waals surface area contributed by atoms with Crippen molar-refractivity contribution in [2.24, 2.45) is 5.41 Å². The monoisotopic (exact) mass is 315 g/mol. The topological polar surface area (TPSA) is 65.1 Å². The van der Waals surface area contributed by atoms with Crippen LogP contribution in [0.5, 0.6) is 0 Å². The van der Waals surface area contributed by atoms with Crippen LogP contribution in [0.1, 0.15) is 27.7 Å². The number of carbonyl (C=O) groups is 2. The lowest BCUT2D eigenvalue weighted by molar-refractivity contribution is -0.154. The van der Waals surface area contributed by atoms with Crippen molar-refractivity contribution in [3.63, 3.8) is 0 Å². The largest absolute Gasteiger partial charge is 0.463 e. The molecule has 0 rings (SSSR count). The quantitative estimate of drug-likeness (QED) is 0.329. The van der Waals surface area contributed by atoms with E-state index in [0.717, 1.165) is 0 Å². The van der Waals surface area contributed by atoms with Crippen LogP contribution in [-0.4, -0.2) is 62.9 Å². The van der Waals surface area contributed by atoms with Crippen LogP contribution >= 0.6 is 0 Å². The molecule has 0 aliphatic heterocycles. The van der Waals surface area contributed by atoms with Gasteiger partial charge in [0.25, 0.3) is 0 Å². The van der Waals surface area contributed by atoms with Gasteiger partial charge in [-0.1, -0.05) is 6.58 Å². The van der Waals surface area contributed by atoms with E-state index < -0.39 is 5.41 Å². The summed E-state index contributed by atoms with van der Waals surface area (Å²) in [6.07, 6.45) is 1.30. The molecule has 0 unspecified atom stereocenters. The molecule has 0 fully saturated rings. The van der Waals surface area contributed by atoms with Gasteiger partial charge in [0.2, 0.25) is 5.91 Å². The summed E-state index contributed by atoms with van der Waals surface area (Å²) in [5, 5.41) is 0. The van der Waals surface area contributed by atoms with Gasteiger partial charge in [-0.15, -0.1) is 0 Å². The van der Waals surface area contributed by atoms with E-state index in [2.05, 4.69) is 6.58 Å². The van der Waals surface area contributed by atoms with Crippen LogP contribution in [0.25, 0.3) is 0 Å². The first-order valence-corrected chi connectivity index (χ1v) is 7.57. The van der Waals surface area contributed by atoms with Crippen LogP contribution in [0.2, 0.25) is 0 Å². The van der Waals surface area contributed by atoms with Crippen molar-refractivity contribution in [1.82, 2.24) is 4.90 Å². The normalized spacial score (nSPS) is 11.1. The Bertz CT molecular complexity index is 349. The minimum Gasteiger partial charge on any atom is -0.463 e. The smallest absolute Gasteiger partial charge is 0.311 e. The SMILES string of the molecule is C=CC(=O)N(CC)CCOCCOCCOC(=O)C(C)(C)C. The first-order valence-electron chi connectivity index (χ1n) is 7.57. The number of hydrogen-bond donors (Lipinski definition) is 0. The molecule has 0 aromatic heterocycles. The molecule has 0 aliphatic carbocycles. The summed E-state index contributed by atoms with van der Waals surface area (Å²) in [4.78, 5) is 24.5. The Morgan fingerprint density at radius 1 is 1.05 bits per heavy atom. The predicted molar refractivity (Wildman–Crippen MR) is 84.5 cm³/mol. The number of hydrogen-bond acceptors (Lipinski definition) is 5. The Balaban J connectivity index is 3.50. The van der Waals surface area contributed by atoms with Crippen molar-refractivity contribution in [3.05, 3.63) is 12.7 Å². The molecule has 0 bridgehead atoms. The molecular weight excluding hydrogens is 286 g/mol. The molecule has 0 spiro atoms. The van der Waals surface area contributed by atoms with Crippen molar-refractivity contribution in [3.8, 4) is 0 Å². The van der Waals surface area contributed by atoms with Gasteiger partial charge in [-0.2, -0.15) is 0 Å². The molecule has 0 saturated carbocycles. The van der Waals surface area contributed by atoms with Crippen molar-refractivity contribution in [2.45, 2.75) is 27.7 Å². The molecule has 0 aromatic rings. The number of nitrogens with zero attached hydrogens (tertiary/aromatic N) is 1. The molecule has 128 valence electrons. The molecule has 0 aromatic carbocycles. The van der Waals surface area contributed by atoms with Crippen LogP contribution in [-0.2, 0) is 23.8 Å². The highest BCUT2D eigenvalue weighted by Crippen LogP contribution is 2.14. The van der Waals surface area contributed by atoms with Crippen molar-refractivity contribution >= 4 is 11.9 Å². The lowest BCUT2D eigenvalue weighted by Gasteiger charge is -2.18. The highest BCUT2D eigenvalue weighted by molar-refractivity contribution is 5.86. The molecule has 22 heavy (non-hydrogen) atoms. The second kappa shape index (κ2) is 11.2. The van der Waals surface area contributed by atoms with E-state index in [0.29, 0.717) is 39.5 Å². The predicted octanol–water partition coefficient (Wildman–Crippen LogP) is 1.64. The van der Waals surface area contributed by atoms with E-state index in [4.69, 9.17) is 14.2 Å². The standard InChI is InChI=1S/C16H29NO5/c1-6-14(18)17(7-2)8-9-20-10-11-21-12-13-22-15(19)16(3,4)5/h6H,1,7-13H2,2-5H3. The van der Waals surface area contributed by atoms with Gasteiger partial charge < -0.3 is 19.1 Å². The van der Waals surface area contributed by atoms with Crippen molar-refractivity contribution in [1.29, 1.82) is 0 Å². The number of amides is 1. The van der Waals surface area contributed by atoms with Gasteiger partial charge in [0.05, 0.1) is 31.8 Å². The highest BCUT2D eigenvalue weighted by atomic mass is 16.6. The average Bonchev–Trinajstić information content (AvgIpc) is 2.47. The van der Waals surface area contributed by atoms with Crippen molar-refractivity contribution in [2.75, 3.05) is 46.1 Å². The van der Waals surface area contributed by atoms with E-state index in [1.165, 1.54) is 6.08 Å². The third kappa shape index (κ3) is 9.52. The van der Waals surface area contributed by atoms with Gasteiger partial charge in [-0.05, 0) is 33.8 Å². The summed E-state index contributed by atoms with van der Waals surface area (Å²) in [6, 6.07) is 0. The van der Waals surface area contributed by atoms with Crippen LogP contribution < -0.4 is 0 Å². The second-order valence-electron chi connectivity index (χ2n) is 5.73. The summed E-state index contributed by atoms with van der Waals surface area (Å²) < 4.78 is 15.7. The Morgan fingerprint density at radius 3 is 2.09 bits per heavy atom. The zero-order chi connectivity index (χ0) is 17.0.